The van der Waals surface area contributed by atoms with Crippen molar-refractivity contribution >= 4 is 22.8 Å². The Labute approximate surface area is 169 Å². The molecule has 0 bridgehead atoms. The molecule has 6 nitrogen and oxygen atoms in total. The molecular formula is C23H24N2O4. The van der Waals surface area contributed by atoms with Gasteiger partial charge in [0.2, 0.25) is 0 Å². The quantitative estimate of drug-likeness (QED) is 0.698. The van der Waals surface area contributed by atoms with E-state index < -0.39 is 24.0 Å². The van der Waals surface area contributed by atoms with Gasteiger partial charge in [-0.3, -0.25) is 9.59 Å². The molecule has 1 amide bonds. The van der Waals surface area contributed by atoms with Gasteiger partial charge < -0.3 is 19.7 Å². The van der Waals surface area contributed by atoms with Crippen molar-refractivity contribution in [2.75, 3.05) is 6.54 Å². The highest BCUT2D eigenvalue weighted by atomic mass is 16.4. The van der Waals surface area contributed by atoms with Crippen LogP contribution in [0.5, 0.6) is 0 Å². The summed E-state index contributed by atoms with van der Waals surface area (Å²) < 4.78 is 1.96. The zero-order chi connectivity index (χ0) is 20.7. The molecule has 1 aliphatic heterocycles. The van der Waals surface area contributed by atoms with Crippen LogP contribution in [0.15, 0.2) is 54.7 Å². The van der Waals surface area contributed by atoms with Gasteiger partial charge in [-0.1, -0.05) is 36.4 Å². The topological polar surface area (TPSA) is 82.8 Å². The molecular weight excluding hydrogens is 368 g/mol. The number of hydrogen-bond donors (Lipinski definition) is 2. The summed E-state index contributed by atoms with van der Waals surface area (Å²) in [6.07, 6.45) is 1.71. The predicted octanol–water partition coefficient (Wildman–Crippen LogP) is 3.31. The summed E-state index contributed by atoms with van der Waals surface area (Å²) >= 11 is 0. The monoisotopic (exact) mass is 392 g/mol. The summed E-state index contributed by atoms with van der Waals surface area (Å²) in [4.78, 5) is 27.4. The number of carbonyl (C=O) groups is 2. The van der Waals surface area contributed by atoms with Gasteiger partial charge in [-0.2, -0.15) is 0 Å². The van der Waals surface area contributed by atoms with Crippen molar-refractivity contribution in [1.82, 2.24) is 9.47 Å². The van der Waals surface area contributed by atoms with Crippen LogP contribution in [0.25, 0.3) is 10.9 Å². The second-order valence-corrected chi connectivity index (χ2v) is 7.70. The lowest BCUT2D eigenvalue weighted by atomic mass is 9.79. The highest BCUT2D eigenvalue weighted by Crippen LogP contribution is 2.45. The smallest absolute Gasteiger partial charge is 0.313 e. The van der Waals surface area contributed by atoms with Gasteiger partial charge in [0, 0.05) is 41.8 Å². The Bertz CT molecular complexity index is 1090. The number of aliphatic carboxylic acids is 1. The summed E-state index contributed by atoms with van der Waals surface area (Å²) in [7, 11) is 1.92. The van der Waals surface area contributed by atoms with Gasteiger partial charge in [-0.25, -0.2) is 0 Å². The number of fused-ring (bicyclic) bond motifs is 2. The highest BCUT2D eigenvalue weighted by molar-refractivity contribution is 6.01. The summed E-state index contributed by atoms with van der Waals surface area (Å²) in [5.74, 6) is -2.05. The highest BCUT2D eigenvalue weighted by Gasteiger charge is 2.45. The van der Waals surface area contributed by atoms with Gasteiger partial charge in [0.1, 0.15) is 5.92 Å². The fourth-order valence-corrected chi connectivity index (χ4v) is 4.38. The molecule has 0 spiro atoms. The molecule has 2 heterocycles. The third-order valence-electron chi connectivity index (χ3n) is 5.74. The summed E-state index contributed by atoms with van der Waals surface area (Å²) in [6, 6.07) is 14.1. The van der Waals surface area contributed by atoms with E-state index in [1.54, 1.807) is 36.1 Å². The molecule has 3 aromatic rings. The lowest BCUT2D eigenvalue weighted by Crippen LogP contribution is -2.45. The van der Waals surface area contributed by atoms with E-state index in [1.807, 2.05) is 42.1 Å². The maximum Gasteiger partial charge on any atom is 0.313 e. The SMILES string of the molecule is CC(O)CCN1C(=O)c2ccccc2C(C(=O)O)C1c1cn(C)c2ccccc12. The molecule has 4 rings (SSSR count). The van der Waals surface area contributed by atoms with E-state index in [4.69, 9.17) is 0 Å². The maximum absolute atomic E-state index is 13.4. The largest absolute Gasteiger partial charge is 0.481 e. The number of aliphatic hydroxyl groups is 1. The van der Waals surface area contributed by atoms with Gasteiger partial charge in [0.05, 0.1) is 12.1 Å². The van der Waals surface area contributed by atoms with E-state index in [0.29, 0.717) is 17.5 Å². The first-order chi connectivity index (χ1) is 13.9. The number of aryl methyl sites for hydroxylation is 1. The molecule has 6 heteroatoms. The number of hydrogen-bond acceptors (Lipinski definition) is 3. The van der Waals surface area contributed by atoms with Crippen LogP contribution >= 0.6 is 0 Å². The Hall–Kier alpha value is -3.12. The van der Waals surface area contributed by atoms with Crippen molar-refractivity contribution in [2.24, 2.45) is 7.05 Å². The van der Waals surface area contributed by atoms with Gasteiger partial charge in [-0.05, 0) is 31.0 Å². The fraction of sp³-hybridized carbons (Fsp3) is 0.304. The van der Waals surface area contributed by atoms with Crippen LogP contribution in [0, 0.1) is 0 Å². The minimum Gasteiger partial charge on any atom is -0.481 e. The first-order valence-corrected chi connectivity index (χ1v) is 9.75. The average molecular weight is 392 g/mol. The van der Waals surface area contributed by atoms with Crippen molar-refractivity contribution in [1.29, 1.82) is 0 Å². The second kappa shape index (κ2) is 7.37. The second-order valence-electron chi connectivity index (χ2n) is 7.70. The Morgan fingerprint density at radius 1 is 1.10 bits per heavy atom. The maximum atomic E-state index is 13.4. The van der Waals surface area contributed by atoms with E-state index in [-0.39, 0.29) is 12.5 Å². The lowest BCUT2D eigenvalue weighted by Gasteiger charge is -2.40. The van der Waals surface area contributed by atoms with Gasteiger partial charge >= 0.3 is 5.97 Å². The molecule has 0 saturated carbocycles. The molecule has 150 valence electrons. The number of carboxylic acids is 1. The van der Waals surface area contributed by atoms with E-state index in [0.717, 1.165) is 16.5 Å². The van der Waals surface area contributed by atoms with Crippen molar-refractivity contribution in [3.8, 4) is 0 Å². The van der Waals surface area contributed by atoms with Gasteiger partial charge in [0.25, 0.3) is 5.91 Å². The van der Waals surface area contributed by atoms with Gasteiger partial charge in [0.15, 0.2) is 0 Å². The number of aliphatic hydroxyl groups excluding tert-OH is 1. The standard InChI is InChI=1S/C23H24N2O4/c1-14(26)11-12-25-21(18-13-24(2)19-10-6-5-7-15(18)19)20(23(28)29)16-8-3-4-9-17(16)22(25)27/h3-10,13-14,20-21,26H,11-12H2,1-2H3,(H,28,29). The van der Waals surface area contributed by atoms with Crippen LogP contribution in [-0.4, -0.2) is 44.2 Å². The zero-order valence-electron chi connectivity index (χ0n) is 16.4. The van der Waals surface area contributed by atoms with Crippen LogP contribution < -0.4 is 0 Å². The summed E-state index contributed by atoms with van der Waals surface area (Å²) in [6.45, 7) is 1.95. The van der Waals surface area contributed by atoms with Crippen molar-refractivity contribution in [2.45, 2.75) is 31.4 Å². The number of benzene rings is 2. The van der Waals surface area contributed by atoms with Crippen molar-refractivity contribution in [3.63, 3.8) is 0 Å². The number of carbonyl (C=O) groups excluding carboxylic acids is 1. The molecule has 3 unspecified atom stereocenters. The minimum absolute atomic E-state index is 0.198. The number of para-hydroxylation sites is 1. The first-order valence-electron chi connectivity index (χ1n) is 9.75. The van der Waals surface area contributed by atoms with E-state index >= 15 is 0 Å². The Kier molecular flexibility index (Phi) is 4.88. The van der Waals surface area contributed by atoms with E-state index in [9.17, 15) is 19.8 Å². The van der Waals surface area contributed by atoms with Crippen LogP contribution in [-0.2, 0) is 11.8 Å². The molecule has 0 fully saturated rings. The molecule has 0 aliphatic carbocycles. The fourth-order valence-electron chi connectivity index (χ4n) is 4.38. The molecule has 0 radical (unpaired) electrons. The van der Waals surface area contributed by atoms with Crippen LogP contribution in [0.1, 0.15) is 46.8 Å². The molecule has 3 atom stereocenters. The molecule has 1 aromatic heterocycles. The Morgan fingerprint density at radius 2 is 1.79 bits per heavy atom. The van der Waals surface area contributed by atoms with Crippen LogP contribution in [0.4, 0.5) is 0 Å². The third-order valence-corrected chi connectivity index (χ3v) is 5.74. The van der Waals surface area contributed by atoms with Gasteiger partial charge in [-0.15, -0.1) is 0 Å². The van der Waals surface area contributed by atoms with Crippen LogP contribution in [0.3, 0.4) is 0 Å². The van der Waals surface area contributed by atoms with Crippen molar-refractivity contribution < 1.29 is 19.8 Å². The number of amides is 1. The Morgan fingerprint density at radius 3 is 2.52 bits per heavy atom. The minimum atomic E-state index is -0.968. The Balaban J connectivity index is 1.95. The number of carboxylic acid groups (broad SMARTS) is 1. The number of nitrogens with zero attached hydrogens (tertiary/aromatic N) is 2. The first kappa shape index (κ1) is 19.2. The van der Waals surface area contributed by atoms with Crippen molar-refractivity contribution in [3.05, 3.63) is 71.4 Å². The summed E-state index contributed by atoms with van der Waals surface area (Å²) in [5.41, 5.74) is 2.75. The van der Waals surface area contributed by atoms with E-state index in [1.165, 1.54) is 0 Å². The van der Waals surface area contributed by atoms with E-state index in [2.05, 4.69) is 0 Å². The molecule has 0 saturated heterocycles. The normalized spacial score (nSPS) is 20.0. The molecule has 1 aliphatic rings. The predicted molar refractivity (Wildman–Crippen MR) is 110 cm³/mol. The number of rotatable bonds is 5. The third kappa shape index (κ3) is 3.19. The van der Waals surface area contributed by atoms with Crippen LogP contribution in [0.2, 0.25) is 0 Å². The molecule has 2 N–H and O–H groups in total. The lowest BCUT2D eigenvalue weighted by molar-refractivity contribution is -0.140. The molecule has 29 heavy (non-hydrogen) atoms. The molecule has 2 aromatic carbocycles. The zero-order valence-corrected chi connectivity index (χ0v) is 16.4. The average Bonchev–Trinajstić information content (AvgIpc) is 3.03. The summed E-state index contributed by atoms with van der Waals surface area (Å²) in [5, 5.41) is 20.9. The number of aromatic nitrogens is 1.